The molecule has 0 fully saturated rings. The largest absolute Gasteiger partial charge is 0.493 e. The second kappa shape index (κ2) is 8.77. The zero-order chi connectivity index (χ0) is 17.4. The monoisotopic (exact) mass is 326 g/mol. The van der Waals surface area contributed by atoms with E-state index in [9.17, 15) is 4.79 Å². The van der Waals surface area contributed by atoms with Gasteiger partial charge in [-0.3, -0.25) is 0 Å². The number of benzene rings is 2. The van der Waals surface area contributed by atoms with E-state index in [0.717, 1.165) is 12.0 Å². The molecule has 0 saturated heterocycles. The lowest BCUT2D eigenvalue weighted by Gasteiger charge is -2.13. The molecule has 0 saturated carbocycles. The Labute approximate surface area is 142 Å². The molecule has 0 aliphatic rings. The van der Waals surface area contributed by atoms with E-state index in [2.05, 4.69) is 23.4 Å². The van der Waals surface area contributed by atoms with Gasteiger partial charge in [-0.2, -0.15) is 0 Å². The minimum Gasteiger partial charge on any atom is -0.493 e. The van der Waals surface area contributed by atoms with E-state index in [-0.39, 0.29) is 0 Å². The summed E-state index contributed by atoms with van der Waals surface area (Å²) in [5.41, 5.74) is 2.53. The molecular weight excluding hydrogens is 304 g/mol. The molecule has 2 rings (SSSR count). The fourth-order valence-electron chi connectivity index (χ4n) is 2.33. The molecule has 4 nitrogen and oxygen atoms in total. The van der Waals surface area contributed by atoms with Crippen molar-refractivity contribution in [2.24, 2.45) is 0 Å². The number of esters is 1. The van der Waals surface area contributed by atoms with E-state index in [1.165, 1.54) is 12.7 Å². The highest BCUT2D eigenvalue weighted by Crippen LogP contribution is 2.29. The van der Waals surface area contributed by atoms with Gasteiger partial charge in [0.2, 0.25) is 0 Å². The molecule has 2 aromatic rings. The van der Waals surface area contributed by atoms with Crippen molar-refractivity contribution in [3.8, 4) is 11.5 Å². The third-order valence-corrected chi connectivity index (χ3v) is 3.61. The lowest BCUT2D eigenvalue weighted by Crippen LogP contribution is -2.07. The van der Waals surface area contributed by atoms with E-state index in [1.807, 2.05) is 36.4 Å². The summed E-state index contributed by atoms with van der Waals surface area (Å²) in [4.78, 5) is 11.5. The Kier molecular flexibility index (Phi) is 6.43. The number of methoxy groups -OCH3 is 2. The van der Waals surface area contributed by atoms with Crippen LogP contribution < -0.4 is 9.47 Å². The van der Waals surface area contributed by atoms with Gasteiger partial charge in [0, 0.05) is 18.4 Å². The summed E-state index contributed by atoms with van der Waals surface area (Å²) in [6.45, 7) is 4.29. The van der Waals surface area contributed by atoms with Gasteiger partial charge in [0.15, 0.2) is 11.5 Å². The zero-order valence-corrected chi connectivity index (χ0v) is 14.1. The van der Waals surface area contributed by atoms with Crippen LogP contribution in [0, 0.1) is 0 Å². The van der Waals surface area contributed by atoms with Crippen molar-refractivity contribution >= 4 is 5.97 Å². The molecule has 0 aliphatic carbocycles. The number of carbonyl (C=O) groups is 1. The summed E-state index contributed by atoms with van der Waals surface area (Å²) in [5.74, 6) is 0.913. The molecule has 0 spiro atoms. The fraction of sp³-hybridized carbons (Fsp3) is 0.250. The van der Waals surface area contributed by atoms with Crippen molar-refractivity contribution < 1.29 is 19.0 Å². The average Bonchev–Trinajstić information content (AvgIpc) is 2.62. The van der Waals surface area contributed by atoms with Crippen molar-refractivity contribution in [2.75, 3.05) is 20.8 Å². The van der Waals surface area contributed by atoms with E-state index < -0.39 is 5.97 Å². The van der Waals surface area contributed by atoms with Crippen molar-refractivity contribution in [1.82, 2.24) is 0 Å². The Balaban J connectivity index is 2.03. The molecule has 0 N–H and O–H groups in total. The van der Waals surface area contributed by atoms with Crippen LogP contribution in [-0.4, -0.2) is 26.8 Å². The average molecular weight is 326 g/mol. The molecule has 0 aromatic heterocycles. The molecule has 2 aromatic carbocycles. The molecule has 0 amide bonds. The standard InChI is InChI=1S/C20H22O4/c1-15(20(21)23-3)13-17-9-10-18(22-2)19(14-17)24-12-11-16-7-5-4-6-8-16/h4-10,14H,1,11-13H2,2-3H3. The van der Waals surface area contributed by atoms with E-state index in [0.29, 0.717) is 30.1 Å². The maximum Gasteiger partial charge on any atom is 0.333 e. The van der Waals surface area contributed by atoms with Crippen LogP contribution in [0.25, 0.3) is 0 Å². The minimum absolute atomic E-state index is 0.401. The summed E-state index contributed by atoms with van der Waals surface area (Å²) in [6.07, 6.45) is 1.22. The summed E-state index contributed by atoms with van der Waals surface area (Å²) in [7, 11) is 2.95. The van der Waals surface area contributed by atoms with Crippen LogP contribution in [0.15, 0.2) is 60.7 Å². The maximum atomic E-state index is 11.5. The summed E-state index contributed by atoms with van der Waals surface area (Å²) in [5, 5.41) is 0. The number of ether oxygens (including phenoxy) is 3. The zero-order valence-electron chi connectivity index (χ0n) is 14.1. The van der Waals surface area contributed by atoms with Gasteiger partial charge >= 0.3 is 5.97 Å². The van der Waals surface area contributed by atoms with Crippen molar-refractivity contribution in [2.45, 2.75) is 12.8 Å². The van der Waals surface area contributed by atoms with Gasteiger partial charge in [-0.15, -0.1) is 0 Å². The summed E-state index contributed by atoms with van der Waals surface area (Å²) < 4.78 is 15.9. The first-order chi connectivity index (χ1) is 11.6. The van der Waals surface area contributed by atoms with Gasteiger partial charge < -0.3 is 14.2 Å². The van der Waals surface area contributed by atoms with Crippen molar-refractivity contribution in [3.05, 3.63) is 71.8 Å². The summed E-state index contributed by atoms with van der Waals surface area (Å²) in [6, 6.07) is 15.7. The first-order valence-electron chi connectivity index (χ1n) is 7.73. The van der Waals surface area contributed by atoms with Gasteiger partial charge in [0.25, 0.3) is 0 Å². The quantitative estimate of drug-likeness (QED) is 0.549. The van der Waals surface area contributed by atoms with E-state index >= 15 is 0 Å². The molecule has 0 aliphatic heterocycles. The highest BCUT2D eigenvalue weighted by molar-refractivity contribution is 5.88. The predicted molar refractivity (Wildman–Crippen MR) is 93.5 cm³/mol. The Bertz CT molecular complexity index is 692. The molecule has 24 heavy (non-hydrogen) atoms. The maximum absolute atomic E-state index is 11.5. The minimum atomic E-state index is -0.405. The number of carbonyl (C=O) groups excluding carboxylic acids is 1. The third-order valence-electron chi connectivity index (χ3n) is 3.61. The molecule has 0 unspecified atom stereocenters. The number of hydrogen-bond donors (Lipinski definition) is 0. The first-order valence-corrected chi connectivity index (χ1v) is 7.73. The molecule has 0 bridgehead atoms. The third kappa shape index (κ3) is 4.88. The van der Waals surface area contributed by atoms with Gasteiger partial charge in [0.1, 0.15) is 0 Å². The first kappa shape index (κ1) is 17.6. The lowest BCUT2D eigenvalue weighted by molar-refractivity contribution is -0.136. The van der Waals surface area contributed by atoms with Crippen LogP contribution in [0.5, 0.6) is 11.5 Å². The molecule has 0 radical (unpaired) electrons. The topological polar surface area (TPSA) is 44.8 Å². The van der Waals surface area contributed by atoms with Gasteiger partial charge in [-0.1, -0.05) is 43.0 Å². The SMILES string of the molecule is C=C(Cc1ccc(OC)c(OCCc2ccccc2)c1)C(=O)OC. The number of hydrogen-bond acceptors (Lipinski definition) is 4. The van der Waals surface area contributed by atoms with Crippen LogP contribution in [-0.2, 0) is 22.4 Å². The highest BCUT2D eigenvalue weighted by atomic mass is 16.5. The predicted octanol–water partition coefficient (Wildman–Crippen LogP) is 3.59. The Morgan fingerprint density at radius 3 is 2.42 bits per heavy atom. The Morgan fingerprint density at radius 2 is 1.75 bits per heavy atom. The Morgan fingerprint density at radius 1 is 1.00 bits per heavy atom. The highest BCUT2D eigenvalue weighted by Gasteiger charge is 2.11. The van der Waals surface area contributed by atoms with Crippen molar-refractivity contribution in [1.29, 1.82) is 0 Å². The lowest BCUT2D eigenvalue weighted by atomic mass is 10.1. The second-order valence-corrected chi connectivity index (χ2v) is 5.34. The molecule has 4 heteroatoms. The smallest absolute Gasteiger partial charge is 0.333 e. The molecule has 0 atom stereocenters. The van der Waals surface area contributed by atoms with E-state index in [4.69, 9.17) is 9.47 Å². The van der Waals surface area contributed by atoms with E-state index in [1.54, 1.807) is 7.11 Å². The second-order valence-electron chi connectivity index (χ2n) is 5.34. The fourth-order valence-corrected chi connectivity index (χ4v) is 2.33. The molecule has 126 valence electrons. The number of rotatable bonds is 8. The van der Waals surface area contributed by atoms with Gasteiger partial charge in [-0.25, -0.2) is 4.79 Å². The van der Waals surface area contributed by atoms with Crippen molar-refractivity contribution in [3.63, 3.8) is 0 Å². The van der Waals surface area contributed by atoms with Crippen LogP contribution in [0.3, 0.4) is 0 Å². The van der Waals surface area contributed by atoms with Crippen LogP contribution in [0.1, 0.15) is 11.1 Å². The Hall–Kier alpha value is -2.75. The van der Waals surface area contributed by atoms with Gasteiger partial charge in [-0.05, 0) is 23.3 Å². The van der Waals surface area contributed by atoms with Crippen LogP contribution in [0.2, 0.25) is 0 Å². The van der Waals surface area contributed by atoms with Gasteiger partial charge in [0.05, 0.1) is 20.8 Å². The molecule has 0 heterocycles. The normalized spacial score (nSPS) is 10.1. The van der Waals surface area contributed by atoms with Crippen LogP contribution >= 0.6 is 0 Å². The summed E-state index contributed by atoms with van der Waals surface area (Å²) >= 11 is 0. The van der Waals surface area contributed by atoms with Crippen LogP contribution in [0.4, 0.5) is 0 Å². The molecular formula is C20H22O4.